The zero-order chi connectivity index (χ0) is 14.4. The Morgan fingerprint density at radius 1 is 1.42 bits per heavy atom. The van der Waals surface area contributed by atoms with Gasteiger partial charge in [0.25, 0.3) is 5.91 Å². The van der Waals surface area contributed by atoms with Crippen LogP contribution in [0.1, 0.15) is 24.3 Å². The first-order valence-corrected chi connectivity index (χ1v) is 5.86. The molecular weight excluding hydrogens is 250 g/mol. The van der Waals surface area contributed by atoms with Gasteiger partial charge in [-0.3, -0.25) is 10.1 Å². The number of ether oxygens (including phenoxy) is 1. The molecule has 0 unspecified atom stereocenters. The maximum Gasteiger partial charge on any atom is 0.355 e. The molecule has 19 heavy (non-hydrogen) atoms. The van der Waals surface area contributed by atoms with Crippen molar-refractivity contribution in [1.29, 1.82) is 0 Å². The third kappa shape index (κ3) is 4.13. The molecule has 1 aromatic heterocycles. The van der Waals surface area contributed by atoms with Gasteiger partial charge in [0.2, 0.25) is 0 Å². The molecule has 7 nitrogen and oxygen atoms in total. The highest BCUT2D eigenvalue weighted by Gasteiger charge is 2.21. The standard InChI is InChI=1S/C12H17N3O4/c1-4-13-12(18)14-10(16)8(2)19-11(17)9-6-5-7-15(9)3/h5-8H,4H2,1-3H3,(H2,13,14,16,18)/t8-/m0/s1. The van der Waals surface area contributed by atoms with Crippen molar-refractivity contribution in [2.75, 3.05) is 6.54 Å². The number of nitrogens with one attached hydrogen (secondary N) is 2. The van der Waals surface area contributed by atoms with Crippen LogP contribution in [0.4, 0.5) is 4.79 Å². The van der Waals surface area contributed by atoms with Gasteiger partial charge in [0, 0.05) is 19.8 Å². The van der Waals surface area contributed by atoms with Crippen molar-refractivity contribution in [3.05, 3.63) is 24.0 Å². The molecular formula is C12H17N3O4. The molecule has 0 spiro atoms. The number of amides is 3. The average Bonchev–Trinajstić information content (AvgIpc) is 2.75. The predicted molar refractivity (Wildman–Crippen MR) is 67.5 cm³/mol. The van der Waals surface area contributed by atoms with Crippen LogP contribution in [0, 0.1) is 0 Å². The molecule has 1 atom stereocenters. The van der Waals surface area contributed by atoms with E-state index in [-0.39, 0.29) is 0 Å². The Hall–Kier alpha value is -2.31. The number of esters is 1. The summed E-state index contributed by atoms with van der Waals surface area (Å²) in [5.41, 5.74) is 0.331. The predicted octanol–water partition coefficient (Wildman–Crippen LogP) is 0.416. The quantitative estimate of drug-likeness (QED) is 0.773. The van der Waals surface area contributed by atoms with Crippen LogP contribution in [-0.4, -0.2) is 35.1 Å². The lowest BCUT2D eigenvalue weighted by Crippen LogP contribution is -2.44. The lowest BCUT2D eigenvalue weighted by molar-refractivity contribution is -0.127. The van der Waals surface area contributed by atoms with Gasteiger partial charge in [-0.25, -0.2) is 9.59 Å². The monoisotopic (exact) mass is 267 g/mol. The molecule has 2 N–H and O–H groups in total. The zero-order valence-corrected chi connectivity index (χ0v) is 11.1. The number of imide groups is 1. The van der Waals surface area contributed by atoms with Crippen LogP contribution >= 0.6 is 0 Å². The molecule has 7 heteroatoms. The largest absolute Gasteiger partial charge is 0.448 e. The van der Waals surface area contributed by atoms with Crippen LogP contribution in [0.5, 0.6) is 0 Å². The van der Waals surface area contributed by atoms with Crippen molar-refractivity contribution in [1.82, 2.24) is 15.2 Å². The van der Waals surface area contributed by atoms with E-state index in [1.165, 1.54) is 6.92 Å². The minimum Gasteiger partial charge on any atom is -0.448 e. The van der Waals surface area contributed by atoms with E-state index in [2.05, 4.69) is 10.6 Å². The summed E-state index contributed by atoms with van der Waals surface area (Å²) in [5.74, 6) is -1.29. The molecule has 0 saturated carbocycles. The Kier molecular flexibility index (Phi) is 5.11. The summed E-state index contributed by atoms with van der Waals surface area (Å²) in [7, 11) is 1.69. The summed E-state index contributed by atoms with van der Waals surface area (Å²) in [6, 6.07) is 2.65. The van der Waals surface area contributed by atoms with E-state index in [0.717, 1.165) is 0 Å². The first kappa shape index (κ1) is 14.7. The fourth-order valence-corrected chi connectivity index (χ4v) is 1.37. The highest BCUT2D eigenvalue weighted by Crippen LogP contribution is 2.04. The molecule has 0 aliphatic rings. The van der Waals surface area contributed by atoms with Crippen molar-refractivity contribution in [2.45, 2.75) is 20.0 Å². The number of aryl methyl sites for hydroxylation is 1. The van der Waals surface area contributed by atoms with E-state index in [4.69, 9.17) is 4.74 Å². The lowest BCUT2D eigenvalue weighted by atomic mass is 10.3. The summed E-state index contributed by atoms with van der Waals surface area (Å²) in [5, 5.41) is 4.48. The van der Waals surface area contributed by atoms with E-state index in [1.54, 1.807) is 36.9 Å². The lowest BCUT2D eigenvalue weighted by Gasteiger charge is -2.13. The SMILES string of the molecule is CCNC(=O)NC(=O)[C@H](C)OC(=O)c1cccn1C. The maximum atomic E-state index is 11.7. The molecule has 0 aliphatic heterocycles. The van der Waals surface area contributed by atoms with Gasteiger partial charge < -0.3 is 14.6 Å². The summed E-state index contributed by atoms with van der Waals surface area (Å²) >= 11 is 0. The van der Waals surface area contributed by atoms with Gasteiger partial charge >= 0.3 is 12.0 Å². The van der Waals surface area contributed by atoms with Crippen LogP contribution < -0.4 is 10.6 Å². The van der Waals surface area contributed by atoms with Gasteiger partial charge in [-0.2, -0.15) is 0 Å². The van der Waals surface area contributed by atoms with Crippen molar-refractivity contribution in [2.24, 2.45) is 7.05 Å². The Balaban J connectivity index is 2.53. The second kappa shape index (κ2) is 6.58. The number of hydrogen-bond acceptors (Lipinski definition) is 4. The second-order valence-corrected chi connectivity index (χ2v) is 3.90. The van der Waals surface area contributed by atoms with Crippen molar-refractivity contribution in [3.8, 4) is 0 Å². The molecule has 0 aliphatic carbocycles. The van der Waals surface area contributed by atoms with Gasteiger partial charge in [0.05, 0.1) is 0 Å². The summed E-state index contributed by atoms with van der Waals surface area (Å²) in [6.45, 7) is 3.52. The molecule has 1 rings (SSSR count). The number of urea groups is 1. The molecule has 0 fully saturated rings. The number of hydrogen-bond donors (Lipinski definition) is 2. The molecule has 1 aromatic rings. The Labute approximate surface area is 110 Å². The number of carbonyl (C=O) groups is 3. The third-order valence-corrected chi connectivity index (χ3v) is 2.38. The number of rotatable bonds is 4. The van der Waals surface area contributed by atoms with Crippen molar-refractivity contribution >= 4 is 17.9 Å². The smallest absolute Gasteiger partial charge is 0.355 e. The highest BCUT2D eigenvalue weighted by molar-refractivity contribution is 5.98. The Morgan fingerprint density at radius 3 is 2.63 bits per heavy atom. The average molecular weight is 267 g/mol. The van der Waals surface area contributed by atoms with E-state index in [0.29, 0.717) is 12.2 Å². The number of aromatic nitrogens is 1. The van der Waals surface area contributed by atoms with Crippen LogP contribution in [0.3, 0.4) is 0 Å². The Bertz CT molecular complexity index is 481. The van der Waals surface area contributed by atoms with Crippen LogP contribution in [0.15, 0.2) is 18.3 Å². The van der Waals surface area contributed by atoms with E-state index < -0.39 is 24.0 Å². The second-order valence-electron chi connectivity index (χ2n) is 3.90. The molecule has 1 heterocycles. The first-order chi connectivity index (χ1) is 8.95. The van der Waals surface area contributed by atoms with Crippen molar-refractivity contribution < 1.29 is 19.1 Å². The van der Waals surface area contributed by atoms with Crippen LogP contribution in [0.2, 0.25) is 0 Å². The van der Waals surface area contributed by atoms with Gasteiger partial charge in [0.1, 0.15) is 5.69 Å². The molecule has 0 saturated heterocycles. The molecule has 3 amide bonds. The summed E-state index contributed by atoms with van der Waals surface area (Å²) in [6.07, 6.45) is 0.640. The molecule has 0 radical (unpaired) electrons. The molecule has 0 aromatic carbocycles. The molecule has 0 bridgehead atoms. The van der Waals surface area contributed by atoms with E-state index in [9.17, 15) is 14.4 Å². The highest BCUT2D eigenvalue weighted by atomic mass is 16.5. The van der Waals surface area contributed by atoms with E-state index in [1.807, 2.05) is 0 Å². The van der Waals surface area contributed by atoms with Gasteiger partial charge in [-0.1, -0.05) is 0 Å². The minimum absolute atomic E-state index is 0.331. The summed E-state index contributed by atoms with van der Waals surface area (Å²) in [4.78, 5) is 34.4. The zero-order valence-electron chi connectivity index (χ0n) is 11.1. The van der Waals surface area contributed by atoms with Gasteiger partial charge in [-0.05, 0) is 26.0 Å². The van der Waals surface area contributed by atoms with Crippen molar-refractivity contribution in [3.63, 3.8) is 0 Å². The molecule has 104 valence electrons. The maximum absolute atomic E-state index is 11.7. The van der Waals surface area contributed by atoms with Gasteiger partial charge in [0.15, 0.2) is 6.10 Å². The van der Waals surface area contributed by atoms with Gasteiger partial charge in [-0.15, -0.1) is 0 Å². The van der Waals surface area contributed by atoms with Crippen LogP contribution in [0.25, 0.3) is 0 Å². The first-order valence-electron chi connectivity index (χ1n) is 5.86. The third-order valence-electron chi connectivity index (χ3n) is 2.38. The topological polar surface area (TPSA) is 89.4 Å². The van der Waals surface area contributed by atoms with Crippen LogP contribution in [-0.2, 0) is 16.6 Å². The summed E-state index contributed by atoms with van der Waals surface area (Å²) < 4.78 is 6.54. The Morgan fingerprint density at radius 2 is 2.11 bits per heavy atom. The fourth-order valence-electron chi connectivity index (χ4n) is 1.37. The van der Waals surface area contributed by atoms with E-state index >= 15 is 0 Å². The normalized spacial score (nSPS) is 11.5. The fraction of sp³-hybridized carbons (Fsp3) is 0.417. The number of nitrogens with zero attached hydrogens (tertiary/aromatic N) is 1. The number of carbonyl (C=O) groups excluding carboxylic acids is 3. The minimum atomic E-state index is -1.05.